The molecule has 2 aromatic heterocycles. The standard InChI is InChI=1S/C21H11ClF3NO4S/c22-13-6-5-10(7-12(13)21(23,24)25)18-17(20(28)29)11(9-31-18)8-15(27)19-26-14-3-1-2-4-16(14)30-19/h1-7,9H,8H2,(H,28,29). The summed E-state index contributed by atoms with van der Waals surface area (Å²) in [6.45, 7) is 0. The first-order chi connectivity index (χ1) is 14.6. The Morgan fingerprint density at radius 1 is 1.16 bits per heavy atom. The van der Waals surface area contributed by atoms with Crippen molar-refractivity contribution in [3.63, 3.8) is 0 Å². The lowest BCUT2D eigenvalue weighted by molar-refractivity contribution is -0.137. The van der Waals surface area contributed by atoms with E-state index in [1.54, 1.807) is 24.3 Å². The van der Waals surface area contributed by atoms with E-state index in [1.807, 2.05) is 0 Å². The number of carboxylic acids is 1. The number of carbonyl (C=O) groups excluding carboxylic acids is 1. The number of aromatic carboxylic acids is 1. The number of nitrogens with zero attached hydrogens (tertiary/aromatic N) is 1. The van der Waals surface area contributed by atoms with Crippen LogP contribution < -0.4 is 0 Å². The quantitative estimate of drug-likeness (QED) is 0.347. The highest BCUT2D eigenvalue weighted by molar-refractivity contribution is 7.14. The fraction of sp³-hybridized carbons (Fsp3) is 0.0952. The number of carbonyl (C=O) groups is 2. The van der Waals surface area contributed by atoms with Crippen molar-refractivity contribution in [2.24, 2.45) is 0 Å². The molecule has 4 rings (SSSR count). The lowest BCUT2D eigenvalue weighted by Gasteiger charge is -2.11. The molecule has 0 saturated heterocycles. The molecule has 0 bridgehead atoms. The number of oxazole rings is 1. The predicted octanol–water partition coefficient (Wildman–Crippen LogP) is 6.35. The highest BCUT2D eigenvalue weighted by Gasteiger charge is 2.34. The zero-order valence-electron chi connectivity index (χ0n) is 15.4. The molecule has 0 atom stereocenters. The van der Waals surface area contributed by atoms with Crippen molar-refractivity contribution < 1.29 is 32.3 Å². The minimum absolute atomic E-state index is 0.0414. The summed E-state index contributed by atoms with van der Waals surface area (Å²) in [5.74, 6) is -2.08. The van der Waals surface area contributed by atoms with Gasteiger partial charge in [0.1, 0.15) is 5.52 Å². The minimum Gasteiger partial charge on any atom is -0.478 e. The Labute approximate surface area is 181 Å². The molecule has 0 unspecified atom stereocenters. The molecule has 0 saturated carbocycles. The van der Waals surface area contributed by atoms with Gasteiger partial charge in [-0.15, -0.1) is 11.3 Å². The normalized spacial score (nSPS) is 11.7. The molecule has 31 heavy (non-hydrogen) atoms. The number of alkyl halides is 3. The minimum atomic E-state index is -4.69. The molecule has 1 N–H and O–H groups in total. The molecule has 0 aliphatic carbocycles. The molecular formula is C21H11ClF3NO4S. The average Bonchev–Trinajstić information content (AvgIpc) is 3.31. The Morgan fingerprint density at radius 2 is 1.90 bits per heavy atom. The second-order valence-corrected chi connectivity index (χ2v) is 7.84. The number of rotatable bonds is 5. The number of hydrogen-bond acceptors (Lipinski definition) is 5. The third-order valence-corrected chi connectivity index (χ3v) is 5.91. The van der Waals surface area contributed by atoms with Crippen LogP contribution >= 0.6 is 22.9 Å². The number of carboxylic acid groups (broad SMARTS) is 1. The van der Waals surface area contributed by atoms with Gasteiger partial charge in [0, 0.05) is 11.3 Å². The summed E-state index contributed by atoms with van der Waals surface area (Å²) >= 11 is 6.58. The van der Waals surface area contributed by atoms with Crippen LogP contribution in [-0.4, -0.2) is 21.8 Å². The second kappa shape index (κ2) is 7.82. The van der Waals surface area contributed by atoms with Gasteiger partial charge in [-0.3, -0.25) is 4.79 Å². The SMILES string of the molecule is O=C(Cc1csc(-c2ccc(Cl)c(C(F)(F)F)c2)c1C(=O)O)c1nc2ccccc2o1. The van der Waals surface area contributed by atoms with E-state index in [2.05, 4.69) is 4.98 Å². The number of fused-ring (bicyclic) bond motifs is 1. The van der Waals surface area contributed by atoms with Gasteiger partial charge in [0.05, 0.1) is 16.1 Å². The van der Waals surface area contributed by atoms with Crippen LogP contribution in [0.3, 0.4) is 0 Å². The number of benzene rings is 2. The van der Waals surface area contributed by atoms with Gasteiger partial charge in [0.2, 0.25) is 5.78 Å². The maximum absolute atomic E-state index is 13.2. The van der Waals surface area contributed by atoms with Crippen LogP contribution in [0.2, 0.25) is 5.02 Å². The summed E-state index contributed by atoms with van der Waals surface area (Å²) in [5, 5.41) is 10.6. The lowest BCUT2D eigenvalue weighted by atomic mass is 10.0. The van der Waals surface area contributed by atoms with E-state index in [-0.39, 0.29) is 33.9 Å². The Morgan fingerprint density at radius 3 is 2.58 bits per heavy atom. The van der Waals surface area contributed by atoms with Crippen LogP contribution in [0.1, 0.15) is 32.2 Å². The predicted molar refractivity (Wildman–Crippen MR) is 109 cm³/mol. The van der Waals surface area contributed by atoms with Gasteiger partial charge in [-0.2, -0.15) is 13.2 Å². The monoisotopic (exact) mass is 465 g/mol. The highest BCUT2D eigenvalue weighted by atomic mass is 35.5. The second-order valence-electron chi connectivity index (χ2n) is 6.55. The Kier molecular flexibility index (Phi) is 5.32. The largest absolute Gasteiger partial charge is 0.478 e. The van der Waals surface area contributed by atoms with Gasteiger partial charge in [-0.1, -0.05) is 29.8 Å². The van der Waals surface area contributed by atoms with Gasteiger partial charge in [-0.05, 0) is 40.8 Å². The number of aromatic nitrogens is 1. The molecule has 0 amide bonds. The molecule has 5 nitrogen and oxygen atoms in total. The van der Waals surface area contributed by atoms with Gasteiger partial charge in [-0.25, -0.2) is 9.78 Å². The Bertz CT molecular complexity index is 1290. The topological polar surface area (TPSA) is 80.4 Å². The average molecular weight is 466 g/mol. The molecule has 10 heteroatoms. The van der Waals surface area contributed by atoms with Crippen LogP contribution in [0.25, 0.3) is 21.5 Å². The number of hydrogen-bond donors (Lipinski definition) is 1. The number of Topliss-reactive ketones (excluding diaryl/α,β-unsaturated/α-hetero) is 1. The molecule has 0 fully saturated rings. The molecule has 0 radical (unpaired) electrons. The van der Waals surface area contributed by atoms with E-state index in [0.717, 1.165) is 23.5 Å². The van der Waals surface area contributed by atoms with Crippen LogP contribution in [-0.2, 0) is 12.6 Å². The molecule has 158 valence electrons. The molecule has 4 aromatic rings. The maximum atomic E-state index is 13.2. The third kappa shape index (κ3) is 4.06. The van der Waals surface area contributed by atoms with Gasteiger partial charge < -0.3 is 9.52 Å². The smallest absolute Gasteiger partial charge is 0.417 e. The van der Waals surface area contributed by atoms with Crippen molar-refractivity contribution >= 4 is 45.8 Å². The van der Waals surface area contributed by atoms with E-state index in [1.165, 1.54) is 11.4 Å². The summed E-state index contributed by atoms with van der Waals surface area (Å²) in [6.07, 6.45) is -5.02. The van der Waals surface area contributed by atoms with E-state index in [4.69, 9.17) is 16.0 Å². The summed E-state index contributed by atoms with van der Waals surface area (Å²) in [7, 11) is 0. The molecule has 0 aliphatic heterocycles. The lowest BCUT2D eigenvalue weighted by Crippen LogP contribution is -2.09. The highest BCUT2D eigenvalue weighted by Crippen LogP contribution is 2.40. The van der Waals surface area contributed by atoms with Crippen LogP contribution in [0, 0.1) is 0 Å². The fourth-order valence-electron chi connectivity index (χ4n) is 3.09. The first-order valence-electron chi connectivity index (χ1n) is 8.74. The van der Waals surface area contributed by atoms with Crippen molar-refractivity contribution in [2.75, 3.05) is 0 Å². The third-order valence-electron chi connectivity index (χ3n) is 4.50. The molecular weight excluding hydrogens is 455 g/mol. The van der Waals surface area contributed by atoms with Crippen molar-refractivity contribution in [3.8, 4) is 10.4 Å². The number of thiophene rings is 1. The molecule has 0 spiro atoms. The zero-order chi connectivity index (χ0) is 22.3. The molecule has 2 aromatic carbocycles. The molecule has 0 aliphatic rings. The van der Waals surface area contributed by atoms with Crippen molar-refractivity contribution in [1.82, 2.24) is 4.98 Å². The summed E-state index contributed by atoms with van der Waals surface area (Å²) in [5.41, 5.74) is -0.222. The summed E-state index contributed by atoms with van der Waals surface area (Å²) < 4.78 is 45.0. The number of para-hydroxylation sites is 2. The van der Waals surface area contributed by atoms with Gasteiger partial charge in [0.25, 0.3) is 5.89 Å². The van der Waals surface area contributed by atoms with E-state index in [9.17, 15) is 27.9 Å². The van der Waals surface area contributed by atoms with Crippen LogP contribution in [0.4, 0.5) is 13.2 Å². The number of ketones is 1. The van der Waals surface area contributed by atoms with E-state index >= 15 is 0 Å². The van der Waals surface area contributed by atoms with Crippen molar-refractivity contribution in [3.05, 3.63) is 75.4 Å². The first-order valence-corrected chi connectivity index (χ1v) is 10.0. The maximum Gasteiger partial charge on any atom is 0.417 e. The van der Waals surface area contributed by atoms with Crippen molar-refractivity contribution in [1.29, 1.82) is 0 Å². The summed E-state index contributed by atoms with van der Waals surface area (Å²) in [4.78, 5) is 28.7. The summed E-state index contributed by atoms with van der Waals surface area (Å²) in [6, 6.07) is 9.93. The number of halogens is 4. The van der Waals surface area contributed by atoms with E-state index < -0.39 is 28.5 Å². The zero-order valence-corrected chi connectivity index (χ0v) is 16.9. The van der Waals surface area contributed by atoms with Gasteiger partial charge in [0.15, 0.2) is 5.58 Å². The molecule has 2 heterocycles. The Balaban J connectivity index is 1.71. The Hall–Kier alpha value is -3.17. The van der Waals surface area contributed by atoms with Crippen LogP contribution in [0.5, 0.6) is 0 Å². The first kappa shape index (κ1) is 21.1. The van der Waals surface area contributed by atoms with Crippen molar-refractivity contribution in [2.45, 2.75) is 12.6 Å². The van der Waals surface area contributed by atoms with Crippen LogP contribution in [0.15, 0.2) is 52.3 Å². The van der Waals surface area contributed by atoms with Gasteiger partial charge >= 0.3 is 12.1 Å². The van der Waals surface area contributed by atoms with E-state index in [0.29, 0.717) is 11.1 Å². The fourth-order valence-corrected chi connectivity index (χ4v) is 4.38.